The number of carbonyl (C=O) groups excluding carboxylic acids is 2. The van der Waals surface area contributed by atoms with Crippen LogP contribution in [0.3, 0.4) is 0 Å². The Hall–Kier alpha value is -2.52. The van der Waals surface area contributed by atoms with Gasteiger partial charge in [0.15, 0.2) is 0 Å². The number of hydrogen-bond acceptors (Lipinski definition) is 5. The summed E-state index contributed by atoms with van der Waals surface area (Å²) in [5.41, 5.74) is 0.193. The van der Waals surface area contributed by atoms with Crippen LogP contribution in [0.25, 0.3) is 0 Å². The van der Waals surface area contributed by atoms with Crippen molar-refractivity contribution >= 4 is 23.5 Å². The first-order chi connectivity index (χ1) is 13.3. The lowest BCUT2D eigenvalue weighted by Crippen LogP contribution is -2.51. The molecule has 2 unspecified atom stereocenters. The second-order valence-electron chi connectivity index (χ2n) is 7.22. The van der Waals surface area contributed by atoms with Gasteiger partial charge < -0.3 is 19.6 Å². The average molecular weight is 393 g/mol. The van der Waals surface area contributed by atoms with Gasteiger partial charge in [0.25, 0.3) is 0 Å². The number of halogens is 1. The predicted octanol–water partition coefficient (Wildman–Crippen LogP) is 0.422. The molecule has 28 heavy (non-hydrogen) atoms. The SMILES string of the molecule is CN(CC(=O)O)CC1CN(C(=O)C2CC(=O)N(c3ccccc3F)C2)CCO1. The minimum Gasteiger partial charge on any atom is -0.480 e. The number of para-hydroxylation sites is 1. The van der Waals surface area contributed by atoms with Crippen LogP contribution < -0.4 is 4.90 Å². The number of rotatable bonds is 6. The summed E-state index contributed by atoms with van der Waals surface area (Å²) in [6.07, 6.45) is -0.240. The fraction of sp³-hybridized carbons (Fsp3) is 0.526. The summed E-state index contributed by atoms with van der Waals surface area (Å²) < 4.78 is 19.7. The number of carbonyl (C=O) groups is 3. The van der Waals surface area contributed by atoms with E-state index in [1.54, 1.807) is 29.0 Å². The van der Waals surface area contributed by atoms with Crippen LogP contribution in [0.1, 0.15) is 6.42 Å². The summed E-state index contributed by atoms with van der Waals surface area (Å²) in [4.78, 5) is 40.6. The topological polar surface area (TPSA) is 90.4 Å². The number of carboxylic acid groups (broad SMARTS) is 1. The lowest BCUT2D eigenvalue weighted by molar-refractivity contribution is -0.145. The fourth-order valence-electron chi connectivity index (χ4n) is 3.71. The van der Waals surface area contributed by atoms with Crippen LogP contribution in [0.15, 0.2) is 24.3 Å². The minimum absolute atomic E-state index is 0.0497. The Morgan fingerprint density at radius 1 is 1.32 bits per heavy atom. The molecule has 3 rings (SSSR count). The van der Waals surface area contributed by atoms with Gasteiger partial charge >= 0.3 is 5.97 Å². The molecule has 9 heteroatoms. The molecule has 0 saturated carbocycles. The Morgan fingerprint density at radius 2 is 2.07 bits per heavy atom. The molecule has 8 nitrogen and oxygen atoms in total. The fourth-order valence-corrected chi connectivity index (χ4v) is 3.71. The van der Waals surface area contributed by atoms with Gasteiger partial charge in [-0.2, -0.15) is 0 Å². The van der Waals surface area contributed by atoms with Crippen molar-refractivity contribution in [3.05, 3.63) is 30.1 Å². The normalized spacial score (nSPS) is 22.8. The number of aliphatic carboxylic acids is 1. The number of carboxylic acids is 1. The third kappa shape index (κ3) is 4.66. The second-order valence-corrected chi connectivity index (χ2v) is 7.22. The van der Waals surface area contributed by atoms with E-state index in [0.29, 0.717) is 26.2 Å². The van der Waals surface area contributed by atoms with Gasteiger partial charge in [0, 0.05) is 32.6 Å². The molecule has 2 fully saturated rings. The first kappa shape index (κ1) is 20.2. The highest BCUT2D eigenvalue weighted by molar-refractivity contribution is 6.00. The Labute approximate surface area is 162 Å². The lowest BCUT2D eigenvalue weighted by atomic mass is 10.1. The Balaban J connectivity index is 1.60. The first-order valence-corrected chi connectivity index (χ1v) is 9.20. The molecule has 2 aliphatic heterocycles. The van der Waals surface area contributed by atoms with E-state index < -0.39 is 17.7 Å². The van der Waals surface area contributed by atoms with Gasteiger partial charge in [-0.05, 0) is 19.2 Å². The molecule has 1 N–H and O–H groups in total. The predicted molar refractivity (Wildman–Crippen MR) is 98.3 cm³/mol. The van der Waals surface area contributed by atoms with Crippen LogP contribution >= 0.6 is 0 Å². The summed E-state index contributed by atoms with van der Waals surface area (Å²) in [6.45, 7) is 1.55. The summed E-state index contributed by atoms with van der Waals surface area (Å²) >= 11 is 0. The smallest absolute Gasteiger partial charge is 0.317 e. The molecule has 1 aromatic carbocycles. The molecule has 152 valence electrons. The van der Waals surface area contributed by atoms with Gasteiger partial charge in [0.1, 0.15) is 5.82 Å². The minimum atomic E-state index is -0.927. The number of amides is 2. The van der Waals surface area contributed by atoms with E-state index in [2.05, 4.69) is 0 Å². The Kier molecular flexibility index (Phi) is 6.25. The van der Waals surface area contributed by atoms with Crippen LogP contribution in [0.5, 0.6) is 0 Å². The van der Waals surface area contributed by atoms with Crippen molar-refractivity contribution in [1.29, 1.82) is 0 Å². The summed E-state index contributed by atoms with van der Waals surface area (Å²) in [5, 5.41) is 8.85. The number of likely N-dealkylation sites (N-methyl/N-ethyl adjacent to an activating group) is 1. The summed E-state index contributed by atoms with van der Waals surface area (Å²) in [5.74, 6) is -2.36. The number of ether oxygens (including phenoxy) is 1. The van der Waals surface area contributed by atoms with Crippen molar-refractivity contribution in [2.24, 2.45) is 5.92 Å². The molecular weight excluding hydrogens is 369 g/mol. The van der Waals surface area contributed by atoms with Crippen LogP contribution in [0, 0.1) is 11.7 Å². The number of nitrogens with zero attached hydrogens (tertiary/aromatic N) is 3. The van der Waals surface area contributed by atoms with E-state index in [9.17, 15) is 18.8 Å². The van der Waals surface area contributed by atoms with Crippen molar-refractivity contribution in [1.82, 2.24) is 9.80 Å². The molecule has 0 aliphatic carbocycles. The van der Waals surface area contributed by atoms with Crippen LogP contribution in [-0.2, 0) is 19.1 Å². The zero-order valence-corrected chi connectivity index (χ0v) is 15.7. The molecule has 0 radical (unpaired) electrons. The monoisotopic (exact) mass is 393 g/mol. The van der Waals surface area contributed by atoms with Crippen molar-refractivity contribution in [2.75, 3.05) is 51.3 Å². The molecule has 2 heterocycles. The average Bonchev–Trinajstić information content (AvgIpc) is 3.02. The molecular formula is C19H24FN3O5. The van der Waals surface area contributed by atoms with Crippen molar-refractivity contribution < 1.29 is 28.6 Å². The van der Waals surface area contributed by atoms with E-state index in [4.69, 9.17) is 9.84 Å². The number of morpholine rings is 1. The number of benzene rings is 1. The Morgan fingerprint density at radius 3 is 2.79 bits per heavy atom. The van der Waals surface area contributed by atoms with E-state index >= 15 is 0 Å². The van der Waals surface area contributed by atoms with Gasteiger partial charge in [-0.3, -0.25) is 19.3 Å². The standard InChI is InChI=1S/C19H24FN3O5/c1-21(12-18(25)26)10-14-11-22(6-7-28-14)19(27)13-8-17(24)23(9-13)16-5-3-2-4-15(16)20/h2-5,13-14H,6-12H2,1H3,(H,25,26). The maximum atomic E-state index is 14.0. The largest absolute Gasteiger partial charge is 0.480 e. The molecule has 2 saturated heterocycles. The molecule has 0 aromatic heterocycles. The highest BCUT2D eigenvalue weighted by Gasteiger charge is 2.39. The zero-order chi connectivity index (χ0) is 20.3. The molecule has 2 atom stereocenters. The van der Waals surface area contributed by atoms with Crippen LogP contribution in [0.4, 0.5) is 10.1 Å². The maximum Gasteiger partial charge on any atom is 0.317 e. The third-order valence-corrected chi connectivity index (χ3v) is 4.99. The highest BCUT2D eigenvalue weighted by atomic mass is 19.1. The van der Waals surface area contributed by atoms with Crippen molar-refractivity contribution in [2.45, 2.75) is 12.5 Å². The molecule has 0 spiro atoms. The van der Waals surface area contributed by atoms with E-state index in [0.717, 1.165) is 0 Å². The molecule has 2 amide bonds. The molecule has 1 aromatic rings. The maximum absolute atomic E-state index is 14.0. The quantitative estimate of drug-likeness (QED) is 0.754. The molecule has 2 aliphatic rings. The van der Waals surface area contributed by atoms with Crippen molar-refractivity contribution in [3.63, 3.8) is 0 Å². The van der Waals surface area contributed by atoms with Gasteiger partial charge in [0.2, 0.25) is 11.8 Å². The number of anilines is 1. The van der Waals surface area contributed by atoms with Gasteiger partial charge in [-0.15, -0.1) is 0 Å². The zero-order valence-electron chi connectivity index (χ0n) is 15.7. The van der Waals surface area contributed by atoms with Gasteiger partial charge in [-0.1, -0.05) is 12.1 Å². The van der Waals surface area contributed by atoms with E-state index in [1.807, 2.05) is 0 Å². The van der Waals surface area contributed by atoms with Crippen LogP contribution in [0.2, 0.25) is 0 Å². The second kappa shape index (κ2) is 8.66. The summed E-state index contributed by atoms with van der Waals surface area (Å²) in [6, 6.07) is 6.03. The van der Waals surface area contributed by atoms with Gasteiger partial charge in [0.05, 0.1) is 30.9 Å². The first-order valence-electron chi connectivity index (χ1n) is 9.20. The Bertz CT molecular complexity index is 759. The third-order valence-electron chi connectivity index (χ3n) is 4.99. The van der Waals surface area contributed by atoms with E-state index in [-0.39, 0.29) is 43.1 Å². The highest BCUT2D eigenvalue weighted by Crippen LogP contribution is 2.28. The lowest BCUT2D eigenvalue weighted by Gasteiger charge is -2.35. The van der Waals surface area contributed by atoms with E-state index in [1.165, 1.54) is 17.0 Å². The summed E-state index contributed by atoms with van der Waals surface area (Å²) in [7, 11) is 1.68. The van der Waals surface area contributed by atoms with Crippen molar-refractivity contribution in [3.8, 4) is 0 Å². The van der Waals surface area contributed by atoms with Gasteiger partial charge in [-0.25, -0.2) is 4.39 Å². The van der Waals surface area contributed by atoms with Crippen LogP contribution in [-0.4, -0.2) is 85.2 Å². The number of hydrogen-bond donors (Lipinski definition) is 1. The molecule has 0 bridgehead atoms.